The number of aromatic nitrogens is 2. The highest BCUT2D eigenvalue weighted by Crippen LogP contribution is 2.19. The molecule has 2 aromatic rings. The van der Waals surface area contributed by atoms with Gasteiger partial charge in [0.2, 0.25) is 0 Å². The lowest BCUT2D eigenvalue weighted by molar-refractivity contribution is 0.0190. The molecule has 1 amide bonds. The minimum Gasteiger partial charge on any atom is -0.497 e. The van der Waals surface area contributed by atoms with Crippen molar-refractivity contribution in [2.24, 2.45) is 0 Å². The SMILES string of the molecule is COc1ccc(C[C@H]2NC[C@H](O)[C@H]2OC(=O)NCCCCCn2ccnc2)cc1. The third kappa shape index (κ3) is 6.47. The standard InChI is InChI=1S/C21H30N4O4/c1-28-17-7-5-16(6-8-17)13-18-20(19(26)14-24-18)29-21(27)23-9-3-2-4-11-25-12-10-22-15-25/h5-8,10,12,15,18-20,24,26H,2-4,9,11,13-14H2,1H3,(H,23,27)/t18-,19+,20+/m1/s1. The highest BCUT2D eigenvalue weighted by atomic mass is 16.6. The van der Waals surface area contributed by atoms with Crippen molar-refractivity contribution in [1.29, 1.82) is 0 Å². The lowest BCUT2D eigenvalue weighted by Crippen LogP contribution is -2.41. The largest absolute Gasteiger partial charge is 0.497 e. The second-order valence-electron chi connectivity index (χ2n) is 7.29. The van der Waals surface area contributed by atoms with E-state index in [0.29, 0.717) is 19.5 Å². The van der Waals surface area contributed by atoms with Crippen molar-refractivity contribution in [3.8, 4) is 5.75 Å². The van der Waals surface area contributed by atoms with Crippen LogP contribution < -0.4 is 15.4 Å². The number of imidazole rings is 1. The predicted octanol–water partition coefficient (Wildman–Crippen LogP) is 1.73. The van der Waals surface area contributed by atoms with E-state index >= 15 is 0 Å². The minimum atomic E-state index is -0.709. The first-order valence-electron chi connectivity index (χ1n) is 10.1. The van der Waals surface area contributed by atoms with Gasteiger partial charge >= 0.3 is 6.09 Å². The number of aryl methyl sites for hydroxylation is 1. The molecule has 0 saturated carbocycles. The first-order chi connectivity index (χ1) is 14.2. The van der Waals surface area contributed by atoms with Crippen LogP contribution in [0, 0.1) is 0 Å². The Balaban J connectivity index is 1.36. The number of unbranched alkanes of at least 4 members (excludes halogenated alkanes) is 2. The molecule has 1 aromatic carbocycles. The second kappa shape index (κ2) is 10.8. The van der Waals surface area contributed by atoms with Gasteiger partial charge < -0.3 is 29.8 Å². The number of benzene rings is 1. The molecular weight excluding hydrogens is 372 g/mol. The third-order valence-corrected chi connectivity index (χ3v) is 5.14. The quantitative estimate of drug-likeness (QED) is 0.524. The van der Waals surface area contributed by atoms with Crippen LogP contribution in [-0.4, -0.2) is 59.2 Å². The molecule has 8 heteroatoms. The fourth-order valence-electron chi connectivity index (χ4n) is 3.51. The van der Waals surface area contributed by atoms with Crippen LogP contribution in [0.5, 0.6) is 5.75 Å². The van der Waals surface area contributed by atoms with Gasteiger partial charge in [-0.25, -0.2) is 9.78 Å². The van der Waals surface area contributed by atoms with E-state index in [-0.39, 0.29) is 6.04 Å². The summed E-state index contributed by atoms with van der Waals surface area (Å²) in [7, 11) is 1.63. The van der Waals surface area contributed by atoms with E-state index in [2.05, 4.69) is 15.6 Å². The van der Waals surface area contributed by atoms with Gasteiger partial charge in [-0.3, -0.25) is 0 Å². The number of methoxy groups -OCH3 is 1. The molecule has 3 atom stereocenters. The summed E-state index contributed by atoms with van der Waals surface area (Å²) in [5, 5.41) is 16.2. The van der Waals surface area contributed by atoms with Gasteiger partial charge in [0.1, 0.15) is 18.0 Å². The van der Waals surface area contributed by atoms with Gasteiger partial charge in [-0.05, 0) is 43.4 Å². The molecule has 1 aliphatic heterocycles. The molecule has 1 aliphatic rings. The van der Waals surface area contributed by atoms with Crippen molar-refractivity contribution in [3.63, 3.8) is 0 Å². The Morgan fingerprint density at radius 1 is 1.31 bits per heavy atom. The van der Waals surface area contributed by atoms with Crippen LogP contribution in [0.2, 0.25) is 0 Å². The van der Waals surface area contributed by atoms with Crippen molar-refractivity contribution in [3.05, 3.63) is 48.5 Å². The number of amides is 1. The van der Waals surface area contributed by atoms with Crippen molar-refractivity contribution >= 4 is 6.09 Å². The minimum absolute atomic E-state index is 0.126. The number of hydrogen-bond donors (Lipinski definition) is 3. The van der Waals surface area contributed by atoms with E-state index in [9.17, 15) is 9.90 Å². The summed E-state index contributed by atoms with van der Waals surface area (Å²) < 4.78 is 12.7. The smallest absolute Gasteiger partial charge is 0.407 e. The monoisotopic (exact) mass is 402 g/mol. The number of carbonyl (C=O) groups is 1. The maximum atomic E-state index is 12.1. The summed E-state index contributed by atoms with van der Waals surface area (Å²) in [6.45, 7) is 1.90. The summed E-state index contributed by atoms with van der Waals surface area (Å²) in [5.41, 5.74) is 1.09. The average molecular weight is 402 g/mol. The normalized spacial score (nSPS) is 21.1. The average Bonchev–Trinajstić information content (AvgIpc) is 3.36. The first-order valence-corrected chi connectivity index (χ1v) is 10.1. The Hall–Kier alpha value is -2.58. The summed E-state index contributed by atoms with van der Waals surface area (Å²) in [4.78, 5) is 16.2. The Kier molecular flexibility index (Phi) is 7.89. The van der Waals surface area contributed by atoms with E-state index in [1.54, 1.807) is 19.6 Å². The van der Waals surface area contributed by atoms with E-state index in [1.165, 1.54) is 0 Å². The zero-order valence-corrected chi connectivity index (χ0v) is 16.8. The molecule has 0 spiro atoms. The van der Waals surface area contributed by atoms with Crippen LogP contribution in [-0.2, 0) is 17.7 Å². The van der Waals surface area contributed by atoms with E-state index < -0.39 is 18.3 Å². The van der Waals surface area contributed by atoms with Crippen molar-refractivity contribution < 1.29 is 19.4 Å². The number of hydrogen-bond acceptors (Lipinski definition) is 6. The van der Waals surface area contributed by atoms with Crippen LogP contribution in [0.3, 0.4) is 0 Å². The number of aliphatic hydroxyl groups is 1. The van der Waals surface area contributed by atoms with E-state index in [1.807, 2.05) is 35.0 Å². The van der Waals surface area contributed by atoms with Gasteiger partial charge in [-0.15, -0.1) is 0 Å². The zero-order chi connectivity index (χ0) is 20.5. The number of aliphatic hydroxyl groups excluding tert-OH is 1. The highest BCUT2D eigenvalue weighted by molar-refractivity contribution is 5.67. The lowest BCUT2D eigenvalue weighted by Gasteiger charge is -2.22. The molecule has 0 aliphatic carbocycles. The molecule has 0 unspecified atom stereocenters. The van der Waals surface area contributed by atoms with Crippen LogP contribution in [0.4, 0.5) is 4.79 Å². The van der Waals surface area contributed by atoms with Crippen LogP contribution in [0.15, 0.2) is 43.0 Å². The molecule has 8 nitrogen and oxygen atoms in total. The van der Waals surface area contributed by atoms with Crippen LogP contribution >= 0.6 is 0 Å². The Labute approximate surface area is 171 Å². The van der Waals surface area contributed by atoms with Crippen LogP contribution in [0.25, 0.3) is 0 Å². The zero-order valence-electron chi connectivity index (χ0n) is 16.8. The van der Waals surface area contributed by atoms with Gasteiger partial charge in [0.25, 0.3) is 0 Å². The summed E-state index contributed by atoms with van der Waals surface area (Å²) in [5.74, 6) is 0.797. The molecular formula is C21H30N4O4. The third-order valence-electron chi connectivity index (χ3n) is 5.14. The number of nitrogens with zero attached hydrogens (tertiary/aromatic N) is 2. The highest BCUT2D eigenvalue weighted by Gasteiger charge is 2.37. The van der Waals surface area contributed by atoms with Gasteiger partial charge in [0, 0.05) is 32.0 Å². The number of rotatable bonds is 10. The number of alkyl carbamates (subject to hydrolysis) is 1. The Morgan fingerprint density at radius 3 is 2.86 bits per heavy atom. The lowest BCUT2D eigenvalue weighted by atomic mass is 10.0. The van der Waals surface area contributed by atoms with E-state index in [0.717, 1.165) is 37.1 Å². The van der Waals surface area contributed by atoms with Gasteiger partial charge in [-0.2, -0.15) is 0 Å². The fourth-order valence-corrected chi connectivity index (χ4v) is 3.51. The fraction of sp³-hybridized carbons (Fsp3) is 0.524. The maximum absolute atomic E-state index is 12.1. The second-order valence-corrected chi connectivity index (χ2v) is 7.29. The van der Waals surface area contributed by atoms with Crippen molar-refractivity contribution in [1.82, 2.24) is 20.2 Å². The summed E-state index contributed by atoms with van der Waals surface area (Å²) in [6, 6.07) is 7.63. The number of ether oxygens (including phenoxy) is 2. The molecule has 1 fully saturated rings. The molecule has 3 rings (SSSR count). The van der Waals surface area contributed by atoms with Crippen LogP contribution in [0.1, 0.15) is 24.8 Å². The number of carbonyl (C=O) groups excluding carboxylic acids is 1. The first kappa shape index (κ1) is 21.1. The molecule has 158 valence electrons. The molecule has 2 heterocycles. The van der Waals surface area contributed by atoms with Crippen molar-refractivity contribution in [2.45, 2.75) is 50.5 Å². The van der Waals surface area contributed by atoms with Gasteiger partial charge in [0.05, 0.1) is 19.5 Å². The molecule has 0 radical (unpaired) electrons. The predicted molar refractivity (Wildman–Crippen MR) is 109 cm³/mol. The Morgan fingerprint density at radius 2 is 2.14 bits per heavy atom. The maximum Gasteiger partial charge on any atom is 0.407 e. The topological polar surface area (TPSA) is 97.6 Å². The molecule has 3 N–H and O–H groups in total. The number of β-amino-alcohol motifs (C(OH)–C–C–N with tert-alkyl or cyclic N) is 1. The summed E-state index contributed by atoms with van der Waals surface area (Å²) >= 11 is 0. The molecule has 1 aromatic heterocycles. The Bertz CT molecular complexity index is 736. The van der Waals surface area contributed by atoms with E-state index in [4.69, 9.17) is 9.47 Å². The molecule has 0 bridgehead atoms. The number of nitrogens with one attached hydrogen (secondary N) is 2. The summed E-state index contributed by atoms with van der Waals surface area (Å²) in [6.07, 6.45) is 7.33. The van der Waals surface area contributed by atoms with Crippen molar-refractivity contribution in [2.75, 3.05) is 20.2 Å². The van der Waals surface area contributed by atoms with Gasteiger partial charge in [-0.1, -0.05) is 12.1 Å². The molecule has 29 heavy (non-hydrogen) atoms. The molecule has 1 saturated heterocycles. The van der Waals surface area contributed by atoms with Gasteiger partial charge in [0.15, 0.2) is 0 Å².